The van der Waals surface area contributed by atoms with Crippen LogP contribution in [-0.4, -0.2) is 4.57 Å². The minimum Gasteiger partial charge on any atom is -0.454 e. The van der Waals surface area contributed by atoms with E-state index in [0.29, 0.717) is 11.8 Å². The van der Waals surface area contributed by atoms with Gasteiger partial charge >= 0.3 is 0 Å². The van der Waals surface area contributed by atoms with E-state index in [-0.39, 0.29) is 0 Å². The Kier molecular flexibility index (Phi) is 8.31. The van der Waals surface area contributed by atoms with E-state index in [4.69, 9.17) is 4.42 Å². The lowest BCUT2D eigenvalue weighted by Crippen LogP contribution is -2.15. The first-order chi connectivity index (χ1) is 30.2. The molecule has 2 aliphatic rings. The molecule has 3 heteroatoms. The summed E-state index contributed by atoms with van der Waals surface area (Å²) >= 11 is 0. The monoisotopic (exact) mass is 780 g/mol. The summed E-state index contributed by atoms with van der Waals surface area (Å²) in [6, 6.07) is 68.0. The zero-order chi connectivity index (χ0) is 40.3. The Labute approximate surface area is 354 Å². The van der Waals surface area contributed by atoms with Crippen molar-refractivity contribution in [3.05, 3.63) is 242 Å². The number of aromatic nitrogens is 1. The van der Waals surface area contributed by atoms with Gasteiger partial charge in [0.05, 0.1) is 16.7 Å². The molecule has 2 aliphatic carbocycles. The summed E-state index contributed by atoms with van der Waals surface area (Å²) in [5, 5.41) is 4.68. The summed E-state index contributed by atoms with van der Waals surface area (Å²) in [7, 11) is 0. The van der Waals surface area contributed by atoms with Crippen molar-refractivity contribution in [3.8, 4) is 27.9 Å². The number of fused-ring (bicyclic) bond motifs is 7. The second kappa shape index (κ2) is 14.4. The maximum Gasteiger partial charge on any atom is 0.159 e. The first-order valence-electron chi connectivity index (χ1n) is 21.1. The van der Waals surface area contributed by atoms with Crippen LogP contribution in [0.3, 0.4) is 0 Å². The van der Waals surface area contributed by atoms with Gasteiger partial charge in [0.25, 0.3) is 0 Å². The Morgan fingerprint density at radius 3 is 1.82 bits per heavy atom. The third-order valence-electron chi connectivity index (χ3n) is 12.6. The molecule has 8 aromatic carbocycles. The van der Waals surface area contributed by atoms with Crippen LogP contribution in [0.5, 0.6) is 0 Å². The molecule has 0 amide bonds. The van der Waals surface area contributed by atoms with Crippen LogP contribution in [0.25, 0.3) is 71.7 Å². The highest BCUT2D eigenvalue weighted by Crippen LogP contribution is 2.43. The van der Waals surface area contributed by atoms with Gasteiger partial charge in [0, 0.05) is 50.4 Å². The molecule has 0 N–H and O–H groups in total. The number of benzene rings is 8. The summed E-state index contributed by atoms with van der Waals surface area (Å²) in [6.45, 7) is 0. The summed E-state index contributed by atoms with van der Waals surface area (Å²) < 4.78 is 8.90. The molecule has 61 heavy (non-hydrogen) atoms. The van der Waals surface area contributed by atoms with E-state index in [2.05, 4.69) is 228 Å². The number of furan rings is 1. The van der Waals surface area contributed by atoms with Crippen LogP contribution in [0.15, 0.2) is 241 Å². The quantitative estimate of drug-likeness (QED) is 0.161. The molecule has 10 aromatic rings. The van der Waals surface area contributed by atoms with Crippen LogP contribution in [0, 0.1) is 5.92 Å². The molecule has 0 radical (unpaired) electrons. The topological polar surface area (TPSA) is 21.3 Å². The Hall–Kier alpha value is -7.88. The van der Waals surface area contributed by atoms with E-state index >= 15 is 0 Å². The smallest absolute Gasteiger partial charge is 0.159 e. The molecular formula is C58H40N2O. The average Bonchev–Trinajstić information content (AvgIpc) is 3.88. The maximum absolute atomic E-state index is 6.54. The Morgan fingerprint density at radius 1 is 0.426 bits per heavy atom. The number of anilines is 3. The molecule has 2 aromatic heterocycles. The third kappa shape index (κ3) is 5.97. The van der Waals surface area contributed by atoms with Gasteiger partial charge in [-0.15, -0.1) is 0 Å². The lowest BCUT2D eigenvalue weighted by molar-refractivity contribution is 0.666. The van der Waals surface area contributed by atoms with Crippen LogP contribution in [0.2, 0.25) is 0 Å². The van der Waals surface area contributed by atoms with Gasteiger partial charge < -0.3 is 13.9 Å². The van der Waals surface area contributed by atoms with Crippen molar-refractivity contribution in [1.82, 2.24) is 4.57 Å². The number of para-hydroxylation sites is 3. The molecule has 12 rings (SSSR count). The fourth-order valence-electron chi connectivity index (χ4n) is 9.64. The molecule has 0 aliphatic heterocycles. The molecule has 1 unspecified atom stereocenters. The minimum absolute atomic E-state index is 0.304. The van der Waals surface area contributed by atoms with Gasteiger partial charge in [0.15, 0.2) is 5.58 Å². The molecule has 0 saturated carbocycles. The normalized spacial score (nSPS) is 15.8. The van der Waals surface area contributed by atoms with E-state index in [9.17, 15) is 0 Å². The molecule has 2 atom stereocenters. The van der Waals surface area contributed by atoms with Crippen molar-refractivity contribution < 1.29 is 4.42 Å². The van der Waals surface area contributed by atoms with E-state index in [0.717, 1.165) is 55.7 Å². The SMILES string of the molecule is C1=CC2=CC=CC(c3ccc(N(c4ccc(-c5ccccc5)cc4)c4ccc(-c5ccc6c(c5)c5ccccc5n6-c5cccc6c5oc5ccccc56)cc4)cc3)[C@@H]2C=C1. The fourth-order valence-corrected chi connectivity index (χ4v) is 9.64. The van der Waals surface area contributed by atoms with Crippen LogP contribution in [-0.2, 0) is 0 Å². The van der Waals surface area contributed by atoms with Crippen molar-refractivity contribution in [2.24, 2.45) is 5.92 Å². The van der Waals surface area contributed by atoms with Gasteiger partial charge in [-0.05, 0) is 100 Å². The minimum atomic E-state index is 0.304. The zero-order valence-electron chi connectivity index (χ0n) is 33.4. The first kappa shape index (κ1) is 35.1. The fraction of sp³-hybridized carbons (Fsp3) is 0.0345. The highest BCUT2D eigenvalue weighted by Gasteiger charge is 2.25. The Morgan fingerprint density at radius 2 is 1.03 bits per heavy atom. The van der Waals surface area contributed by atoms with Crippen LogP contribution >= 0.6 is 0 Å². The van der Waals surface area contributed by atoms with E-state index in [1.165, 1.54) is 44.2 Å². The van der Waals surface area contributed by atoms with Crippen LogP contribution < -0.4 is 4.90 Å². The molecule has 2 heterocycles. The summed E-state index contributed by atoms with van der Waals surface area (Å²) in [5.74, 6) is 0.662. The number of allylic oxidation sites excluding steroid dienone is 8. The molecule has 0 bridgehead atoms. The first-order valence-corrected chi connectivity index (χ1v) is 21.1. The summed E-state index contributed by atoms with van der Waals surface area (Å²) in [5.41, 5.74) is 15.9. The van der Waals surface area contributed by atoms with E-state index in [1.54, 1.807) is 0 Å². The second-order valence-electron chi connectivity index (χ2n) is 16.1. The van der Waals surface area contributed by atoms with E-state index < -0.39 is 0 Å². The molecule has 0 saturated heterocycles. The predicted octanol–water partition coefficient (Wildman–Crippen LogP) is 15.8. The summed E-state index contributed by atoms with van der Waals surface area (Å²) in [6.07, 6.45) is 15.6. The number of hydrogen-bond acceptors (Lipinski definition) is 2. The summed E-state index contributed by atoms with van der Waals surface area (Å²) in [4.78, 5) is 2.36. The number of nitrogens with zero attached hydrogens (tertiary/aromatic N) is 2. The van der Waals surface area contributed by atoms with E-state index in [1.807, 2.05) is 12.1 Å². The Bertz CT molecular complexity index is 3400. The van der Waals surface area contributed by atoms with Gasteiger partial charge in [-0.2, -0.15) is 0 Å². The lowest BCUT2D eigenvalue weighted by atomic mass is 9.76. The molecule has 288 valence electrons. The number of rotatable bonds is 7. The van der Waals surface area contributed by atoms with Crippen molar-refractivity contribution in [1.29, 1.82) is 0 Å². The van der Waals surface area contributed by atoms with Gasteiger partial charge in [0.2, 0.25) is 0 Å². The predicted molar refractivity (Wildman–Crippen MR) is 255 cm³/mol. The van der Waals surface area contributed by atoms with Crippen LogP contribution in [0.1, 0.15) is 11.5 Å². The lowest BCUT2D eigenvalue weighted by Gasteiger charge is -2.29. The highest BCUT2D eigenvalue weighted by atomic mass is 16.3. The standard InChI is InChI=1S/C58H40N2O/c1-2-12-39(13-3-1)40-24-31-45(32-25-40)59(47-35-28-43(29-36-47)49-19-10-15-42-14-4-5-16-48(42)49)46-33-26-41(27-34-46)44-30-37-55-53(38-44)50-17-6-8-21-54(50)60(55)56-22-11-20-52-51-18-7-9-23-57(51)61-58(52)56/h1-38,48-49H/t48-,49?/m1/s1. The van der Waals surface area contributed by atoms with Gasteiger partial charge in [0.1, 0.15) is 5.58 Å². The highest BCUT2D eigenvalue weighted by molar-refractivity contribution is 6.13. The van der Waals surface area contributed by atoms with Crippen LogP contribution in [0.4, 0.5) is 17.1 Å². The van der Waals surface area contributed by atoms with Gasteiger partial charge in [-0.1, -0.05) is 164 Å². The second-order valence-corrected chi connectivity index (χ2v) is 16.1. The molecule has 3 nitrogen and oxygen atoms in total. The number of hydrogen-bond donors (Lipinski definition) is 0. The van der Waals surface area contributed by atoms with Gasteiger partial charge in [-0.25, -0.2) is 0 Å². The third-order valence-corrected chi connectivity index (χ3v) is 12.6. The largest absolute Gasteiger partial charge is 0.454 e. The molecular weight excluding hydrogens is 741 g/mol. The van der Waals surface area contributed by atoms with Gasteiger partial charge in [-0.3, -0.25) is 0 Å². The van der Waals surface area contributed by atoms with Crippen molar-refractivity contribution in [2.75, 3.05) is 4.90 Å². The Balaban J connectivity index is 0.922. The van der Waals surface area contributed by atoms with Crippen molar-refractivity contribution in [2.45, 2.75) is 5.92 Å². The zero-order valence-corrected chi connectivity index (χ0v) is 33.4. The molecule has 0 spiro atoms. The average molecular weight is 781 g/mol. The molecule has 0 fully saturated rings. The van der Waals surface area contributed by atoms with Crippen molar-refractivity contribution >= 4 is 60.8 Å². The maximum atomic E-state index is 6.54. The van der Waals surface area contributed by atoms with Crippen molar-refractivity contribution in [3.63, 3.8) is 0 Å².